The second-order valence-electron chi connectivity index (χ2n) is 2.02. The molecule has 0 aliphatic carbocycles. The third-order valence-corrected chi connectivity index (χ3v) is 4.06. The molecule has 0 amide bonds. The van der Waals surface area contributed by atoms with Crippen LogP contribution in [0.25, 0.3) is 0 Å². The summed E-state index contributed by atoms with van der Waals surface area (Å²) in [6.45, 7) is 0.619. The van der Waals surface area contributed by atoms with Crippen LogP contribution in [-0.2, 0) is 0 Å². The maximum absolute atomic E-state index is 9.11. The van der Waals surface area contributed by atoms with Crippen LogP contribution < -0.4 is 5.73 Å². The zero-order valence-electron chi connectivity index (χ0n) is 5.46. The van der Waals surface area contributed by atoms with E-state index in [-0.39, 0.29) is 4.89 Å². The monoisotopic (exact) mass is 179 g/mol. The second-order valence-corrected chi connectivity index (χ2v) is 7.32. The Balaban J connectivity index is 3.17. The van der Waals surface area contributed by atoms with Crippen LogP contribution in [0.3, 0.4) is 0 Å². The summed E-state index contributed by atoms with van der Waals surface area (Å²) in [6, 6.07) is 0. The Morgan fingerprint density at radius 2 is 2.12 bits per heavy atom. The van der Waals surface area contributed by atoms with Crippen LogP contribution in [0.5, 0.6) is 0 Å². The summed E-state index contributed by atoms with van der Waals surface area (Å²) in [5.41, 5.74) is 9.50. The molecule has 1 unspecified atom stereocenters. The van der Waals surface area contributed by atoms with Crippen molar-refractivity contribution in [1.82, 2.24) is 0 Å². The molecule has 0 aliphatic rings. The van der Waals surface area contributed by atoms with Gasteiger partial charge in [-0.15, -0.1) is 0 Å². The van der Waals surface area contributed by atoms with Crippen LogP contribution in [0.4, 0.5) is 0 Å². The molecule has 0 saturated heterocycles. The van der Waals surface area contributed by atoms with E-state index in [9.17, 15) is 0 Å². The van der Waals surface area contributed by atoms with Gasteiger partial charge in [-0.1, -0.05) is 0 Å². The minimum atomic E-state index is -0.864. The average molecular weight is 179 g/mol. The first-order valence-electron chi connectivity index (χ1n) is 2.73. The van der Waals surface area contributed by atoms with Gasteiger partial charge in [0.1, 0.15) is 0 Å². The fraction of sp³-hybridized carbons (Fsp3) is 1.00. The summed E-state index contributed by atoms with van der Waals surface area (Å²) in [5, 5.41) is 9.11. The number of hydrogen-bond donors (Lipinski definition) is 2. The van der Waals surface area contributed by atoms with Crippen LogP contribution in [0.1, 0.15) is 6.42 Å². The molecule has 0 bridgehead atoms. The van der Waals surface area contributed by atoms with E-state index in [2.05, 4.69) is 11.4 Å². The standard InChI is InChI=1S/C5H14AsNO/c1-6(2)5(8)3-4-7/h5,8H,3-4,7H2,1-2H3. The van der Waals surface area contributed by atoms with Crippen LogP contribution in [-0.4, -0.2) is 31.2 Å². The normalized spacial score (nSPS) is 14.6. The minimum absolute atomic E-state index is 0.0625. The van der Waals surface area contributed by atoms with Crippen molar-refractivity contribution in [1.29, 1.82) is 0 Å². The zero-order chi connectivity index (χ0) is 6.57. The van der Waals surface area contributed by atoms with Crippen LogP contribution in [0.15, 0.2) is 0 Å². The van der Waals surface area contributed by atoms with Crippen LogP contribution in [0.2, 0.25) is 11.4 Å². The fourth-order valence-corrected chi connectivity index (χ4v) is 1.80. The number of rotatable bonds is 3. The molecule has 8 heavy (non-hydrogen) atoms. The van der Waals surface area contributed by atoms with Crippen LogP contribution in [0, 0.1) is 0 Å². The number of hydrogen-bond acceptors (Lipinski definition) is 2. The van der Waals surface area contributed by atoms with E-state index in [1.54, 1.807) is 0 Å². The Labute approximate surface area is 55.3 Å². The molecule has 2 nitrogen and oxygen atoms in total. The van der Waals surface area contributed by atoms with Gasteiger partial charge in [0.05, 0.1) is 0 Å². The van der Waals surface area contributed by atoms with E-state index in [4.69, 9.17) is 10.8 Å². The van der Waals surface area contributed by atoms with Gasteiger partial charge in [0.25, 0.3) is 0 Å². The molecule has 3 heteroatoms. The van der Waals surface area contributed by atoms with E-state index in [0.717, 1.165) is 6.42 Å². The zero-order valence-corrected chi connectivity index (χ0v) is 7.34. The molecule has 0 radical (unpaired) electrons. The van der Waals surface area contributed by atoms with Gasteiger partial charge in [-0.3, -0.25) is 0 Å². The molecule has 0 aromatic heterocycles. The Kier molecular flexibility index (Phi) is 4.63. The van der Waals surface area contributed by atoms with Crippen LogP contribution >= 0.6 is 0 Å². The topological polar surface area (TPSA) is 46.2 Å². The van der Waals surface area contributed by atoms with Crippen molar-refractivity contribution < 1.29 is 5.11 Å². The molecule has 0 aromatic rings. The fourth-order valence-electron chi connectivity index (χ4n) is 0.407. The molecule has 0 rings (SSSR count). The summed E-state index contributed by atoms with van der Waals surface area (Å²) in [7, 11) is 0. The van der Waals surface area contributed by atoms with E-state index in [0.29, 0.717) is 6.54 Å². The Hall–Kier alpha value is 0.478. The van der Waals surface area contributed by atoms with Crippen molar-refractivity contribution in [2.45, 2.75) is 22.7 Å². The third-order valence-electron chi connectivity index (χ3n) is 1.02. The first-order valence-corrected chi connectivity index (χ1v) is 7.56. The van der Waals surface area contributed by atoms with Gasteiger partial charge in [0.15, 0.2) is 0 Å². The van der Waals surface area contributed by atoms with E-state index < -0.39 is 14.7 Å². The Morgan fingerprint density at radius 1 is 1.62 bits per heavy atom. The number of aliphatic hydroxyl groups excluding tert-OH is 1. The van der Waals surface area contributed by atoms with Crippen molar-refractivity contribution in [3.8, 4) is 0 Å². The molecule has 0 heterocycles. The van der Waals surface area contributed by atoms with E-state index in [1.807, 2.05) is 0 Å². The molecule has 0 aliphatic heterocycles. The van der Waals surface area contributed by atoms with Gasteiger partial charge < -0.3 is 0 Å². The third kappa shape index (κ3) is 3.48. The Morgan fingerprint density at radius 3 is 2.25 bits per heavy atom. The summed E-state index contributed by atoms with van der Waals surface area (Å²) in [6.07, 6.45) is 0.785. The van der Waals surface area contributed by atoms with Gasteiger partial charge in [-0.25, -0.2) is 0 Å². The SMILES string of the molecule is C[As](C)C(O)CCN. The van der Waals surface area contributed by atoms with Crippen molar-refractivity contribution >= 4 is 14.7 Å². The van der Waals surface area contributed by atoms with Gasteiger partial charge >= 0.3 is 54.8 Å². The predicted octanol–water partition coefficient (Wildman–Crippen LogP) is -0.0103. The summed E-state index contributed by atoms with van der Waals surface area (Å²) < 4.78 is 0. The number of nitrogens with two attached hydrogens (primary N) is 1. The molecular formula is C5H14AsNO. The first kappa shape index (κ1) is 8.48. The molecule has 3 N–H and O–H groups in total. The Bertz CT molecular complexity index is 58.4. The average Bonchev–Trinajstić information content (AvgIpc) is 1.67. The second kappa shape index (κ2) is 4.37. The van der Waals surface area contributed by atoms with Crippen molar-refractivity contribution in [3.63, 3.8) is 0 Å². The predicted molar refractivity (Wildman–Crippen MR) is 37.2 cm³/mol. The summed E-state index contributed by atoms with van der Waals surface area (Å²) in [5.74, 6) is 0. The quantitative estimate of drug-likeness (QED) is 0.598. The molecule has 0 aromatic carbocycles. The number of aliphatic hydroxyl groups is 1. The summed E-state index contributed by atoms with van der Waals surface area (Å²) >= 11 is -0.864. The molecule has 50 valence electrons. The molecule has 1 atom stereocenters. The van der Waals surface area contributed by atoms with Gasteiger partial charge in [-0.2, -0.15) is 0 Å². The first-order chi connectivity index (χ1) is 3.68. The van der Waals surface area contributed by atoms with Gasteiger partial charge in [0, 0.05) is 0 Å². The van der Waals surface area contributed by atoms with Crippen molar-refractivity contribution in [3.05, 3.63) is 0 Å². The van der Waals surface area contributed by atoms with Crippen molar-refractivity contribution in [2.24, 2.45) is 5.73 Å². The molecule has 0 fully saturated rings. The van der Waals surface area contributed by atoms with E-state index in [1.165, 1.54) is 0 Å². The molecular weight excluding hydrogens is 165 g/mol. The van der Waals surface area contributed by atoms with Gasteiger partial charge in [-0.05, 0) is 0 Å². The molecule has 0 saturated carbocycles. The summed E-state index contributed by atoms with van der Waals surface area (Å²) in [4.78, 5) is -0.0625. The molecule has 0 spiro atoms. The van der Waals surface area contributed by atoms with E-state index >= 15 is 0 Å². The maximum atomic E-state index is 9.11. The van der Waals surface area contributed by atoms with Gasteiger partial charge in [0.2, 0.25) is 0 Å². The van der Waals surface area contributed by atoms with Crippen molar-refractivity contribution in [2.75, 3.05) is 6.54 Å².